The second-order valence-corrected chi connectivity index (χ2v) is 8.56. The van der Waals surface area contributed by atoms with E-state index < -0.39 is 0 Å². The summed E-state index contributed by atoms with van der Waals surface area (Å²) in [5.74, 6) is 2.05. The molecule has 1 aromatic carbocycles. The van der Waals surface area contributed by atoms with E-state index >= 15 is 0 Å². The lowest BCUT2D eigenvalue weighted by Crippen LogP contribution is -2.36. The van der Waals surface area contributed by atoms with Gasteiger partial charge in [0.05, 0.1) is 5.75 Å². The summed E-state index contributed by atoms with van der Waals surface area (Å²) in [5.41, 5.74) is 0. The van der Waals surface area contributed by atoms with Crippen LogP contribution in [0, 0.1) is 17.8 Å². The number of esters is 1. The van der Waals surface area contributed by atoms with Gasteiger partial charge >= 0.3 is 5.97 Å². The Hall–Kier alpha value is -0.480. The zero-order valence-corrected chi connectivity index (χ0v) is 16.0. The van der Waals surface area contributed by atoms with Crippen LogP contribution >= 0.6 is 27.7 Å². The molecule has 22 heavy (non-hydrogen) atoms. The van der Waals surface area contributed by atoms with Crippen molar-refractivity contribution in [2.75, 3.05) is 5.75 Å². The topological polar surface area (TPSA) is 26.3 Å². The highest BCUT2D eigenvalue weighted by molar-refractivity contribution is 9.10. The van der Waals surface area contributed by atoms with E-state index in [1.54, 1.807) is 11.8 Å². The van der Waals surface area contributed by atoms with Gasteiger partial charge in [0, 0.05) is 9.37 Å². The van der Waals surface area contributed by atoms with Gasteiger partial charge in [0.1, 0.15) is 6.10 Å². The van der Waals surface area contributed by atoms with E-state index in [2.05, 4.69) is 36.7 Å². The Balaban J connectivity index is 1.85. The van der Waals surface area contributed by atoms with Gasteiger partial charge in [-0.25, -0.2) is 0 Å². The smallest absolute Gasteiger partial charge is 0.316 e. The summed E-state index contributed by atoms with van der Waals surface area (Å²) in [6, 6.07) is 8.01. The molecule has 1 aliphatic carbocycles. The summed E-state index contributed by atoms with van der Waals surface area (Å²) in [6.07, 6.45) is 3.54. The molecule has 2 rings (SSSR count). The van der Waals surface area contributed by atoms with Crippen LogP contribution in [0.5, 0.6) is 0 Å². The average Bonchev–Trinajstić information content (AvgIpc) is 2.46. The van der Waals surface area contributed by atoms with Gasteiger partial charge in [0.2, 0.25) is 0 Å². The predicted octanol–water partition coefficient (Wildman–Crippen LogP) is 5.55. The maximum atomic E-state index is 12.2. The van der Waals surface area contributed by atoms with Gasteiger partial charge in [-0.05, 0) is 54.9 Å². The van der Waals surface area contributed by atoms with E-state index in [4.69, 9.17) is 4.74 Å². The number of carbonyl (C=O) groups excluding carboxylic acids is 1. The van der Waals surface area contributed by atoms with E-state index in [9.17, 15) is 4.79 Å². The third-order valence-corrected chi connectivity index (χ3v) is 5.93. The normalized spacial score (nSPS) is 25.2. The van der Waals surface area contributed by atoms with Crippen molar-refractivity contribution in [3.8, 4) is 0 Å². The van der Waals surface area contributed by atoms with Gasteiger partial charge in [0.15, 0.2) is 0 Å². The van der Waals surface area contributed by atoms with Crippen LogP contribution in [0.1, 0.15) is 40.0 Å². The molecule has 0 spiro atoms. The number of rotatable bonds is 5. The van der Waals surface area contributed by atoms with Gasteiger partial charge in [0.25, 0.3) is 0 Å². The average molecular weight is 385 g/mol. The second kappa shape index (κ2) is 8.39. The minimum atomic E-state index is -0.0855. The monoisotopic (exact) mass is 384 g/mol. The molecule has 1 fully saturated rings. The fraction of sp³-hybridized carbons (Fsp3) is 0.611. The molecule has 0 N–H and O–H groups in total. The van der Waals surface area contributed by atoms with E-state index in [1.807, 2.05) is 24.3 Å². The maximum absolute atomic E-state index is 12.2. The molecule has 0 heterocycles. The van der Waals surface area contributed by atoms with Gasteiger partial charge in [-0.3, -0.25) is 4.79 Å². The van der Waals surface area contributed by atoms with Crippen molar-refractivity contribution < 1.29 is 9.53 Å². The third kappa shape index (κ3) is 5.31. The van der Waals surface area contributed by atoms with Gasteiger partial charge in [-0.2, -0.15) is 0 Å². The Morgan fingerprint density at radius 1 is 1.32 bits per heavy atom. The molecule has 0 saturated heterocycles. The molecule has 1 aromatic rings. The van der Waals surface area contributed by atoms with Crippen LogP contribution in [0.3, 0.4) is 0 Å². The highest BCUT2D eigenvalue weighted by Crippen LogP contribution is 2.35. The zero-order chi connectivity index (χ0) is 16.1. The summed E-state index contributed by atoms with van der Waals surface area (Å²) in [7, 11) is 0. The fourth-order valence-corrected chi connectivity index (χ4v) is 4.07. The van der Waals surface area contributed by atoms with Crippen LogP contribution in [0.2, 0.25) is 0 Å². The molecular weight excluding hydrogens is 360 g/mol. The Morgan fingerprint density at radius 3 is 2.64 bits per heavy atom. The first-order chi connectivity index (χ1) is 10.5. The Bertz CT molecular complexity index is 486. The summed E-state index contributed by atoms with van der Waals surface area (Å²) in [4.78, 5) is 13.3. The Morgan fingerprint density at radius 2 is 2.00 bits per heavy atom. The SMILES string of the molecule is CC(C)[C@@H]1CC[C@@H](C)C[C@H]1OC(=O)CSc1ccc(Br)cc1. The van der Waals surface area contributed by atoms with Crippen LogP contribution in [-0.2, 0) is 9.53 Å². The van der Waals surface area contributed by atoms with Crippen molar-refractivity contribution in [2.24, 2.45) is 17.8 Å². The maximum Gasteiger partial charge on any atom is 0.316 e. The fourth-order valence-electron chi connectivity index (χ4n) is 3.13. The summed E-state index contributed by atoms with van der Waals surface area (Å²) >= 11 is 4.96. The molecule has 122 valence electrons. The minimum Gasteiger partial charge on any atom is -0.461 e. The van der Waals surface area contributed by atoms with E-state index in [0.29, 0.717) is 23.5 Å². The molecule has 0 aliphatic heterocycles. The molecule has 1 saturated carbocycles. The van der Waals surface area contributed by atoms with Crippen molar-refractivity contribution in [2.45, 2.75) is 51.0 Å². The first kappa shape index (κ1) is 17.9. The van der Waals surface area contributed by atoms with Crippen LogP contribution in [-0.4, -0.2) is 17.8 Å². The third-order valence-electron chi connectivity index (χ3n) is 4.41. The highest BCUT2D eigenvalue weighted by atomic mass is 79.9. The van der Waals surface area contributed by atoms with Crippen molar-refractivity contribution >= 4 is 33.7 Å². The van der Waals surface area contributed by atoms with Crippen LogP contribution < -0.4 is 0 Å². The number of ether oxygens (including phenoxy) is 1. The standard InChI is InChI=1S/C18H25BrO2S/c1-12(2)16-9-4-13(3)10-17(16)21-18(20)11-22-15-7-5-14(19)6-8-15/h5-8,12-13,16-17H,4,9-11H2,1-3H3/t13-,16+,17-/m1/s1. The van der Waals surface area contributed by atoms with Gasteiger partial charge in [-0.1, -0.05) is 43.1 Å². The van der Waals surface area contributed by atoms with Crippen molar-refractivity contribution in [1.29, 1.82) is 0 Å². The van der Waals surface area contributed by atoms with Crippen LogP contribution in [0.15, 0.2) is 33.6 Å². The molecule has 0 aromatic heterocycles. The second-order valence-electron chi connectivity index (χ2n) is 6.60. The summed E-state index contributed by atoms with van der Waals surface area (Å²) in [6.45, 7) is 6.73. The first-order valence-corrected chi connectivity index (χ1v) is 9.81. The Kier molecular flexibility index (Phi) is 6.82. The molecule has 0 bridgehead atoms. The number of benzene rings is 1. The quantitative estimate of drug-likeness (QED) is 0.491. The number of hydrogen-bond donors (Lipinski definition) is 0. The van der Waals surface area contributed by atoms with Gasteiger partial charge in [-0.15, -0.1) is 11.8 Å². The molecular formula is C18H25BrO2S. The summed E-state index contributed by atoms with van der Waals surface area (Å²) < 4.78 is 6.86. The number of thioether (sulfide) groups is 1. The van der Waals surface area contributed by atoms with E-state index in [0.717, 1.165) is 15.8 Å². The van der Waals surface area contributed by atoms with Crippen LogP contribution in [0.25, 0.3) is 0 Å². The number of hydrogen-bond acceptors (Lipinski definition) is 3. The lowest BCUT2D eigenvalue weighted by molar-refractivity contribution is -0.152. The van der Waals surface area contributed by atoms with E-state index in [-0.39, 0.29) is 12.1 Å². The zero-order valence-electron chi connectivity index (χ0n) is 13.5. The lowest BCUT2D eigenvalue weighted by atomic mass is 9.75. The van der Waals surface area contributed by atoms with Crippen LogP contribution in [0.4, 0.5) is 0 Å². The lowest BCUT2D eigenvalue weighted by Gasteiger charge is -2.36. The molecule has 3 atom stereocenters. The summed E-state index contributed by atoms with van der Waals surface area (Å²) in [5, 5.41) is 0. The van der Waals surface area contributed by atoms with Gasteiger partial charge < -0.3 is 4.74 Å². The Labute approximate surface area is 146 Å². The molecule has 2 nitrogen and oxygen atoms in total. The van der Waals surface area contributed by atoms with Crippen molar-refractivity contribution in [3.63, 3.8) is 0 Å². The largest absolute Gasteiger partial charge is 0.461 e. The predicted molar refractivity (Wildman–Crippen MR) is 96.1 cm³/mol. The number of halogens is 1. The molecule has 0 unspecified atom stereocenters. The molecule has 1 aliphatic rings. The van der Waals surface area contributed by atoms with E-state index in [1.165, 1.54) is 12.8 Å². The van der Waals surface area contributed by atoms with Crippen molar-refractivity contribution in [1.82, 2.24) is 0 Å². The number of carbonyl (C=O) groups is 1. The molecule has 0 amide bonds. The molecule has 0 radical (unpaired) electrons. The first-order valence-electron chi connectivity index (χ1n) is 8.03. The highest BCUT2D eigenvalue weighted by Gasteiger charge is 2.33. The molecule has 4 heteroatoms. The minimum absolute atomic E-state index is 0.0855. The van der Waals surface area contributed by atoms with Crippen molar-refractivity contribution in [3.05, 3.63) is 28.7 Å².